The Bertz CT molecular complexity index is 114. The predicted molar refractivity (Wildman–Crippen MR) is 39.8 cm³/mol. The minimum Gasteiger partial charge on any atom is -0.390 e. The van der Waals surface area contributed by atoms with Crippen LogP contribution < -0.4 is 0 Å². The smallest absolute Gasteiger partial charge is 0.0794 e. The maximum absolute atomic E-state index is 9.04. The molecule has 1 aliphatic heterocycles. The van der Waals surface area contributed by atoms with Crippen LogP contribution in [0.25, 0.3) is 0 Å². The van der Waals surface area contributed by atoms with Crippen molar-refractivity contribution >= 4 is 0 Å². The Labute approximate surface area is 61.8 Å². The van der Waals surface area contributed by atoms with Gasteiger partial charge in [0.1, 0.15) is 0 Å². The Kier molecular flexibility index (Phi) is 1.66. The number of aliphatic hydroxyl groups is 1. The first-order chi connectivity index (χ1) is 4.86. The summed E-state index contributed by atoms with van der Waals surface area (Å²) in [6.07, 6.45) is 5.52. The van der Waals surface area contributed by atoms with E-state index in [1.807, 2.05) is 0 Å². The van der Waals surface area contributed by atoms with Crippen LogP contribution in [-0.2, 0) is 0 Å². The minimum absolute atomic E-state index is 0.0133. The first kappa shape index (κ1) is 6.62. The van der Waals surface area contributed by atoms with Crippen molar-refractivity contribution in [1.82, 2.24) is 4.90 Å². The average molecular weight is 141 g/mol. The van der Waals surface area contributed by atoms with Crippen molar-refractivity contribution in [2.45, 2.75) is 37.8 Å². The number of hydrogen-bond donors (Lipinski definition) is 1. The van der Waals surface area contributed by atoms with Gasteiger partial charge in [0, 0.05) is 19.1 Å². The van der Waals surface area contributed by atoms with Crippen LogP contribution in [0.5, 0.6) is 0 Å². The van der Waals surface area contributed by atoms with Crippen molar-refractivity contribution in [3.05, 3.63) is 0 Å². The van der Waals surface area contributed by atoms with Crippen molar-refractivity contribution in [2.24, 2.45) is 0 Å². The summed E-state index contributed by atoms with van der Waals surface area (Å²) in [6, 6.07) is 0.823. The van der Waals surface area contributed by atoms with Crippen LogP contribution in [0.3, 0.4) is 0 Å². The second-order valence-corrected chi connectivity index (χ2v) is 3.55. The normalized spacial score (nSPS) is 30.9. The van der Waals surface area contributed by atoms with E-state index < -0.39 is 0 Å². The summed E-state index contributed by atoms with van der Waals surface area (Å²) in [5.74, 6) is 0. The van der Waals surface area contributed by atoms with Crippen molar-refractivity contribution < 1.29 is 5.11 Å². The van der Waals surface area contributed by atoms with E-state index in [1.54, 1.807) is 0 Å². The molecule has 1 saturated carbocycles. The van der Waals surface area contributed by atoms with Gasteiger partial charge in [-0.3, -0.25) is 4.90 Å². The van der Waals surface area contributed by atoms with Crippen LogP contribution in [-0.4, -0.2) is 35.2 Å². The maximum Gasteiger partial charge on any atom is 0.0794 e. The standard InChI is InChI=1S/C8H15NO/c10-8-5-9(6-8)7-3-1-2-4-7/h7-8,10H,1-6H2. The lowest BCUT2D eigenvalue weighted by atomic mass is 10.1. The van der Waals surface area contributed by atoms with Gasteiger partial charge in [-0.1, -0.05) is 12.8 Å². The van der Waals surface area contributed by atoms with E-state index in [4.69, 9.17) is 5.11 Å². The molecule has 0 aromatic rings. The highest BCUT2D eigenvalue weighted by atomic mass is 16.3. The maximum atomic E-state index is 9.04. The molecule has 0 bridgehead atoms. The van der Waals surface area contributed by atoms with Gasteiger partial charge in [-0.2, -0.15) is 0 Å². The highest BCUT2D eigenvalue weighted by Crippen LogP contribution is 2.26. The molecule has 0 atom stereocenters. The second kappa shape index (κ2) is 2.51. The van der Waals surface area contributed by atoms with Crippen molar-refractivity contribution in [1.29, 1.82) is 0 Å². The van der Waals surface area contributed by atoms with Gasteiger partial charge in [-0.15, -0.1) is 0 Å². The molecule has 1 heterocycles. The first-order valence-corrected chi connectivity index (χ1v) is 4.28. The van der Waals surface area contributed by atoms with Crippen LogP contribution >= 0.6 is 0 Å². The van der Waals surface area contributed by atoms with E-state index >= 15 is 0 Å². The first-order valence-electron chi connectivity index (χ1n) is 4.28. The van der Waals surface area contributed by atoms with Gasteiger partial charge in [-0.05, 0) is 12.8 Å². The summed E-state index contributed by atoms with van der Waals surface area (Å²) in [5, 5.41) is 9.04. The van der Waals surface area contributed by atoms with E-state index in [2.05, 4.69) is 4.90 Å². The van der Waals surface area contributed by atoms with Crippen molar-refractivity contribution in [3.63, 3.8) is 0 Å². The SMILES string of the molecule is OC1CN(C2CCCC2)C1. The molecule has 2 fully saturated rings. The zero-order chi connectivity index (χ0) is 6.97. The van der Waals surface area contributed by atoms with Crippen LogP contribution in [0.1, 0.15) is 25.7 Å². The molecule has 2 nitrogen and oxygen atoms in total. The zero-order valence-electron chi connectivity index (χ0n) is 6.29. The van der Waals surface area contributed by atoms with Gasteiger partial charge >= 0.3 is 0 Å². The molecule has 1 N–H and O–H groups in total. The van der Waals surface area contributed by atoms with Crippen LogP contribution in [0.4, 0.5) is 0 Å². The van der Waals surface area contributed by atoms with Crippen LogP contribution in [0, 0.1) is 0 Å². The molecule has 0 spiro atoms. The summed E-state index contributed by atoms with van der Waals surface area (Å²) in [6.45, 7) is 1.87. The molecule has 2 heteroatoms. The zero-order valence-corrected chi connectivity index (χ0v) is 6.29. The Hall–Kier alpha value is -0.0800. The Balaban J connectivity index is 1.78. The second-order valence-electron chi connectivity index (χ2n) is 3.55. The van der Waals surface area contributed by atoms with Gasteiger partial charge in [-0.25, -0.2) is 0 Å². The van der Waals surface area contributed by atoms with Crippen molar-refractivity contribution in [3.8, 4) is 0 Å². The number of nitrogens with zero attached hydrogens (tertiary/aromatic N) is 1. The number of aliphatic hydroxyl groups excluding tert-OH is 1. The number of rotatable bonds is 1. The quantitative estimate of drug-likeness (QED) is 0.578. The molecule has 0 aromatic heterocycles. The topological polar surface area (TPSA) is 23.5 Å². The van der Waals surface area contributed by atoms with E-state index in [0.717, 1.165) is 19.1 Å². The molecular formula is C8H15NO. The Morgan fingerprint density at radius 1 is 1.10 bits per heavy atom. The molecule has 1 saturated heterocycles. The van der Waals surface area contributed by atoms with Gasteiger partial charge < -0.3 is 5.11 Å². The summed E-state index contributed by atoms with van der Waals surface area (Å²) in [4.78, 5) is 2.41. The number of β-amino-alcohol motifs (C(OH)–C–C–N with tert-alkyl or cyclic N) is 1. The van der Waals surface area contributed by atoms with E-state index in [0.29, 0.717) is 0 Å². The molecule has 2 aliphatic rings. The average Bonchev–Trinajstić information content (AvgIpc) is 2.31. The summed E-state index contributed by atoms with van der Waals surface area (Å²) in [7, 11) is 0. The number of likely N-dealkylation sites (tertiary alicyclic amines) is 1. The summed E-state index contributed by atoms with van der Waals surface area (Å²) >= 11 is 0. The highest BCUT2D eigenvalue weighted by molar-refractivity contribution is 4.87. The third kappa shape index (κ3) is 1.06. The minimum atomic E-state index is -0.0133. The highest BCUT2D eigenvalue weighted by Gasteiger charge is 2.31. The Morgan fingerprint density at radius 3 is 2.20 bits per heavy atom. The molecule has 58 valence electrons. The van der Waals surface area contributed by atoms with E-state index in [9.17, 15) is 0 Å². The fourth-order valence-electron chi connectivity index (χ4n) is 2.06. The molecule has 0 amide bonds. The lowest BCUT2D eigenvalue weighted by Gasteiger charge is -2.40. The fraction of sp³-hybridized carbons (Fsp3) is 1.00. The Morgan fingerprint density at radius 2 is 1.70 bits per heavy atom. The fourth-order valence-corrected chi connectivity index (χ4v) is 2.06. The molecule has 10 heavy (non-hydrogen) atoms. The monoisotopic (exact) mass is 141 g/mol. The molecule has 2 rings (SSSR count). The summed E-state index contributed by atoms with van der Waals surface area (Å²) in [5.41, 5.74) is 0. The molecule has 0 radical (unpaired) electrons. The summed E-state index contributed by atoms with van der Waals surface area (Å²) < 4.78 is 0. The third-order valence-electron chi connectivity index (χ3n) is 2.73. The molecule has 1 aliphatic carbocycles. The third-order valence-corrected chi connectivity index (χ3v) is 2.73. The predicted octanol–water partition coefficient (Wildman–Crippen LogP) is 0.606. The largest absolute Gasteiger partial charge is 0.390 e. The van der Waals surface area contributed by atoms with Gasteiger partial charge in [0.15, 0.2) is 0 Å². The lowest BCUT2D eigenvalue weighted by Crippen LogP contribution is -2.54. The molecule has 0 unspecified atom stereocenters. The lowest BCUT2D eigenvalue weighted by molar-refractivity contribution is -0.0229. The van der Waals surface area contributed by atoms with Gasteiger partial charge in [0.05, 0.1) is 6.10 Å². The molecular weight excluding hydrogens is 126 g/mol. The van der Waals surface area contributed by atoms with Crippen molar-refractivity contribution in [2.75, 3.05) is 13.1 Å². The number of hydrogen-bond acceptors (Lipinski definition) is 2. The van der Waals surface area contributed by atoms with Crippen LogP contribution in [0.2, 0.25) is 0 Å². The van der Waals surface area contributed by atoms with E-state index in [-0.39, 0.29) is 6.10 Å². The van der Waals surface area contributed by atoms with Gasteiger partial charge in [0.2, 0.25) is 0 Å². The van der Waals surface area contributed by atoms with Crippen LogP contribution in [0.15, 0.2) is 0 Å². The molecule has 0 aromatic carbocycles. The van der Waals surface area contributed by atoms with Gasteiger partial charge in [0.25, 0.3) is 0 Å². The van der Waals surface area contributed by atoms with E-state index in [1.165, 1.54) is 25.7 Å².